The molecule has 0 aliphatic rings. The molecule has 3 aromatic rings. The summed E-state index contributed by atoms with van der Waals surface area (Å²) in [5, 5.41) is 0.713. The Hall–Kier alpha value is -2.81. The predicted octanol–water partition coefficient (Wildman–Crippen LogP) is 5.70. The summed E-state index contributed by atoms with van der Waals surface area (Å²) in [4.78, 5) is 17.5. The van der Waals surface area contributed by atoms with Crippen LogP contribution in [0.3, 0.4) is 0 Å². The van der Waals surface area contributed by atoms with E-state index in [-0.39, 0.29) is 18.0 Å². The molecule has 0 radical (unpaired) electrons. The van der Waals surface area contributed by atoms with Crippen molar-refractivity contribution in [3.05, 3.63) is 89.9 Å². The van der Waals surface area contributed by atoms with Crippen LogP contribution in [-0.4, -0.2) is 10.8 Å². The van der Waals surface area contributed by atoms with E-state index in [1.165, 1.54) is 6.07 Å². The van der Waals surface area contributed by atoms with Gasteiger partial charge in [-0.2, -0.15) is 0 Å². The molecule has 0 spiro atoms. The first-order valence-corrected chi connectivity index (χ1v) is 9.12. The molecule has 27 heavy (non-hydrogen) atoms. The fraction of sp³-hybridized carbons (Fsp3) is 0.250. The quantitative estimate of drug-likeness (QED) is 0.505. The lowest BCUT2D eigenvalue weighted by Crippen LogP contribution is -2.32. The zero-order chi connectivity index (χ0) is 19.4. The molecule has 2 aromatic carbocycles. The van der Waals surface area contributed by atoms with Gasteiger partial charge >= 0.3 is 0 Å². The van der Waals surface area contributed by atoms with Crippen LogP contribution in [-0.2, 0) is 17.6 Å². The number of Topliss-reactive ketones (excluding diaryl/α,β-unsaturated/α-hetero) is 1. The molecule has 0 aliphatic heterocycles. The van der Waals surface area contributed by atoms with Crippen molar-refractivity contribution in [3.63, 3.8) is 0 Å². The van der Waals surface area contributed by atoms with Gasteiger partial charge in [0.05, 0.1) is 0 Å². The maximum absolute atomic E-state index is 13.8. The number of aromatic nitrogens is 1. The van der Waals surface area contributed by atoms with E-state index < -0.39 is 5.41 Å². The minimum absolute atomic E-state index is 0.145. The monoisotopic (exact) mass is 361 g/mol. The molecule has 1 aromatic heterocycles. The number of nitrogens with zero attached hydrogens (tertiary/aromatic N) is 1. The summed E-state index contributed by atoms with van der Waals surface area (Å²) in [5.74, 6) is -0.200. The number of para-hydroxylation sites is 1. The molecule has 3 rings (SSSR count). The largest absolute Gasteiger partial charge is 0.299 e. The van der Waals surface area contributed by atoms with Crippen LogP contribution in [0.2, 0.25) is 0 Å². The fourth-order valence-corrected chi connectivity index (χ4v) is 3.64. The van der Waals surface area contributed by atoms with Gasteiger partial charge in [-0.3, -0.25) is 9.78 Å². The molecule has 138 valence electrons. The number of carbonyl (C=O) groups excluding carboxylic acids is 1. The molecule has 0 saturated heterocycles. The van der Waals surface area contributed by atoms with Crippen LogP contribution in [0.1, 0.15) is 31.4 Å². The zero-order valence-corrected chi connectivity index (χ0v) is 15.8. The third kappa shape index (κ3) is 4.48. The van der Waals surface area contributed by atoms with Gasteiger partial charge in [0.2, 0.25) is 0 Å². The summed E-state index contributed by atoms with van der Waals surface area (Å²) < 4.78 is 13.8. The Morgan fingerprint density at radius 1 is 1.11 bits per heavy atom. The molecule has 0 N–H and O–H groups in total. The highest BCUT2D eigenvalue weighted by Crippen LogP contribution is 2.32. The van der Waals surface area contributed by atoms with E-state index in [1.54, 1.807) is 12.3 Å². The molecule has 1 heterocycles. The van der Waals surface area contributed by atoms with Crippen LogP contribution in [0.15, 0.2) is 72.9 Å². The van der Waals surface area contributed by atoms with Crippen LogP contribution in [0.25, 0.3) is 10.9 Å². The van der Waals surface area contributed by atoms with Crippen LogP contribution in [0, 0.1) is 11.2 Å². The summed E-state index contributed by atoms with van der Waals surface area (Å²) in [6.07, 6.45) is 3.18. The lowest BCUT2D eigenvalue weighted by Gasteiger charge is -2.29. The smallest absolute Gasteiger partial charge is 0.149 e. The zero-order valence-electron chi connectivity index (χ0n) is 15.8. The molecular formula is C24H24FNO. The Bertz CT molecular complexity index is 980. The van der Waals surface area contributed by atoms with Gasteiger partial charge in [-0.1, -0.05) is 55.0 Å². The minimum Gasteiger partial charge on any atom is -0.299 e. The first kappa shape index (κ1) is 19.0. The average molecular weight is 361 g/mol. The molecule has 0 unspecified atom stereocenters. The van der Waals surface area contributed by atoms with Crippen LogP contribution in [0.4, 0.5) is 4.39 Å². The number of rotatable bonds is 7. The number of benzene rings is 2. The number of fused-ring (bicyclic) bond motifs is 1. The number of allylic oxidation sites excluding steroid dienone is 1. The van der Waals surface area contributed by atoms with Crippen LogP contribution in [0.5, 0.6) is 0 Å². The molecule has 0 aliphatic carbocycles. The minimum atomic E-state index is -0.538. The summed E-state index contributed by atoms with van der Waals surface area (Å²) in [6, 6.07) is 16.8. The number of hydrogen-bond acceptors (Lipinski definition) is 2. The van der Waals surface area contributed by atoms with Crippen molar-refractivity contribution in [3.8, 4) is 0 Å². The molecule has 0 amide bonds. The summed E-state index contributed by atoms with van der Waals surface area (Å²) in [6.45, 7) is 7.98. The standard InChI is InChI=1S/C24H24FNO/c1-17(2)14-24(3,15-18-8-5-4-6-9-18)22(27)13-19-12-20-10-7-11-21(25)23(20)26-16-19/h4-12,16H,1,13-15H2,2-3H3/t24-/m1/s1. The van der Waals surface area contributed by atoms with Crippen molar-refractivity contribution in [2.75, 3.05) is 0 Å². The lowest BCUT2D eigenvalue weighted by molar-refractivity contribution is -0.127. The second-order valence-corrected chi connectivity index (χ2v) is 7.61. The Morgan fingerprint density at radius 3 is 2.56 bits per heavy atom. The van der Waals surface area contributed by atoms with Crippen molar-refractivity contribution in [2.45, 2.75) is 33.1 Å². The Balaban J connectivity index is 1.86. The number of ketones is 1. The Kier molecular flexibility index (Phi) is 5.50. The van der Waals surface area contributed by atoms with Gasteiger partial charge < -0.3 is 0 Å². The first-order valence-electron chi connectivity index (χ1n) is 9.12. The van der Waals surface area contributed by atoms with Crippen molar-refractivity contribution in [1.29, 1.82) is 0 Å². The normalized spacial score (nSPS) is 13.3. The number of pyridine rings is 1. The first-order chi connectivity index (χ1) is 12.9. The summed E-state index contributed by atoms with van der Waals surface area (Å²) in [5.41, 5.74) is 2.72. The third-order valence-electron chi connectivity index (χ3n) is 4.89. The lowest BCUT2D eigenvalue weighted by atomic mass is 9.73. The number of halogens is 1. The van der Waals surface area contributed by atoms with Crippen molar-refractivity contribution < 1.29 is 9.18 Å². The van der Waals surface area contributed by atoms with E-state index in [4.69, 9.17) is 0 Å². The van der Waals surface area contributed by atoms with Crippen molar-refractivity contribution >= 4 is 16.7 Å². The van der Waals surface area contributed by atoms with E-state index in [9.17, 15) is 9.18 Å². The van der Waals surface area contributed by atoms with E-state index in [0.29, 0.717) is 23.7 Å². The van der Waals surface area contributed by atoms with Crippen molar-refractivity contribution in [1.82, 2.24) is 4.98 Å². The molecule has 1 atom stereocenters. The second kappa shape index (κ2) is 7.83. The SMILES string of the molecule is C=C(C)C[C@](C)(Cc1ccccc1)C(=O)Cc1cnc2c(F)cccc2c1. The average Bonchev–Trinajstić information content (AvgIpc) is 2.62. The predicted molar refractivity (Wildman–Crippen MR) is 108 cm³/mol. The van der Waals surface area contributed by atoms with Crippen LogP contribution < -0.4 is 0 Å². The van der Waals surface area contributed by atoms with Gasteiger partial charge in [0.15, 0.2) is 0 Å². The highest BCUT2D eigenvalue weighted by atomic mass is 19.1. The van der Waals surface area contributed by atoms with E-state index >= 15 is 0 Å². The molecule has 0 bridgehead atoms. The summed E-state index contributed by atoms with van der Waals surface area (Å²) >= 11 is 0. The van der Waals surface area contributed by atoms with Crippen molar-refractivity contribution in [2.24, 2.45) is 5.41 Å². The molecular weight excluding hydrogens is 337 g/mol. The number of hydrogen-bond donors (Lipinski definition) is 0. The van der Waals surface area contributed by atoms with Gasteiger partial charge in [0, 0.05) is 23.4 Å². The van der Waals surface area contributed by atoms with E-state index in [0.717, 1.165) is 16.7 Å². The van der Waals surface area contributed by atoms with Gasteiger partial charge in [0.1, 0.15) is 17.1 Å². The molecule has 0 saturated carbocycles. The van der Waals surface area contributed by atoms with Gasteiger partial charge in [-0.05, 0) is 43.0 Å². The van der Waals surface area contributed by atoms with Gasteiger partial charge in [-0.25, -0.2) is 4.39 Å². The topological polar surface area (TPSA) is 30.0 Å². The second-order valence-electron chi connectivity index (χ2n) is 7.61. The summed E-state index contributed by atoms with van der Waals surface area (Å²) in [7, 11) is 0. The number of carbonyl (C=O) groups is 1. The highest BCUT2D eigenvalue weighted by Gasteiger charge is 2.33. The Morgan fingerprint density at radius 2 is 1.85 bits per heavy atom. The maximum Gasteiger partial charge on any atom is 0.149 e. The maximum atomic E-state index is 13.8. The van der Waals surface area contributed by atoms with Gasteiger partial charge in [0.25, 0.3) is 0 Å². The van der Waals surface area contributed by atoms with Crippen LogP contribution >= 0.6 is 0 Å². The third-order valence-corrected chi connectivity index (χ3v) is 4.89. The molecule has 0 fully saturated rings. The van der Waals surface area contributed by atoms with E-state index in [1.807, 2.05) is 56.3 Å². The molecule has 2 nitrogen and oxygen atoms in total. The highest BCUT2D eigenvalue weighted by molar-refractivity contribution is 5.88. The Labute approximate surface area is 159 Å². The fourth-order valence-electron chi connectivity index (χ4n) is 3.64. The van der Waals surface area contributed by atoms with E-state index in [2.05, 4.69) is 11.6 Å². The van der Waals surface area contributed by atoms with Gasteiger partial charge in [-0.15, -0.1) is 6.58 Å². The molecule has 3 heteroatoms.